The number of amides is 2. The van der Waals surface area contributed by atoms with Crippen molar-refractivity contribution in [2.75, 3.05) is 17.2 Å². The molecule has 4 rings (SSSR count). The molecule has 4 N–H and O–H groups in total. The number of esters is 1. The Bertz CT molecular complexity index is 1340. The van der Waals surface area contributed by atoms with Crippen molar-refractivity contribution in [3.8, 4) is 0 Å². The molecule has 0 fully saturated rings. The van der Waals surface area contributed by atoms with Crippen molar-refractivity contribution in [1.82, 2.24) is 0 Å². The van der Waals surface area contributed by atoms with Crippen LogP contribution < -0.4 is 16.4 Å². The van der Waals surface area contributed by atoms with Gasteiger partial charge >= 0.3 is 5.97 Å². The molecule has 1 aliphatic heterocycles. The van der Waals surface area contributed by atoms with Crippen LogP contribution in [0.15, 0.2) is 114 Å². The number of nitrogens with two attached hydrogens (primary N) is 1. The molecule has 188 valence electrons. The summed E-state index contributed by atoms with van der Waals surface area (Å²) in [5.41, 5.74) is 8.08. The quantitative estimate of drug-likeness (QED) is 0.396. The third kappa shape index (κ3) is 6.05. The fourth-order valence-electron chi connectivity index (χ4n) is 4.08. The Kier molecular flexibility index (Phi) is 8.00. The highest BCUT2D eigenvalue weighted by Crippen LogP contribution is 2.41. The second-order valence-corrected chi connectivity index (χ2v) is 8.19. The normalized spacial score (nSPS) is 15.0. The molecule has 1 aliphatic rings. The molecule has 37 heavy (non-hydrogen) atoms. The average molecular weight is 498 g/mol. The maximum Gasteiger partial charge on any atom is 0.340 e. The highest BCUT2D eigenvalue weighted by Gasteiger charge is 2.40. The fraction of sp³-hybridized carbons (Fsp3) is 0.138. The van der Waals surface area contributed by atoms with Crippen molar-refractivity contribution in [3.63, 3.8) is 0 Å². The molecule has 1 heterocycles. The summed E-state index contributed by atoms with van der Waals surface area (Å²) >= 11 is 0. The Balaban J connectivity index is 1.79. The van der Waals surface area contributed by atoms with Gasteiger partial charge < -0.3 is 25.8 Å². The summed E-state index contributed by atoms with van der Waals surface area (Å²) in [5, 5.41) is 5.64. The number of carbonyl (C=O) groups is 3. The molecule has 0 aromatic heterocycles. The summed E-state index contributed by atoms with van der Waals surface area (Å²) in [4.78, 5) is 39.7. The van der Waals surface area contributed by atoms with Crippen molar-refractivity contribution in [1.29, 1.82) is 0 Å². The molecule has 0 aliphatic carbocycles. The van der Waals surface area contributed by atoms with Crippen LogP contribution in [-0.2, 0) is 23.9 Å². The topological polar surface area (TPSA) is 120 Å². The molecule has 3 aromatic carbocycles. The molecular formula is C29H27N3O5. The van der Waals surface area contributed by atoms with Crippen LogP contribution in [-0.4, -0.2) is 24.4 Å². The third-order valence-corrected chi connectivity index (χ3v) is 5.66. The molecule has 0 radical (unpaired) electrons. The zero-order chi connectivity index (χ0) is 26.2. The first-order chi connectivity index (χ1) is 18.0. The van der Waals surface area contributed by atoms with E-state index in [-0.39, 0.29) is 35.8 Å². The Morgan fingerprint density at radius 2 is 1.35 bits per heavy atom. The van der Waals surface area contributed by atoms with Crippen molar-refractivity contribution >= 4 is 29.2 Å². The highest BCUT2D eigenvalue weighted by molar-refractivity contribution is 6.09. The second kappa shape index (κ2) is 11.7. The van der Waals surface area contributed by atoms with Gasteiger partial charge in [-0.05, 0) is 36.8 Å². The molecule has 2 amide bonds. The highest BCUT2D eigenvalue weighted by atomic mass is 16.5. The zero-order valence-corrected chi connectivity index (χ0v) is 20.3. The standard InChI is InChI=1S/C29H27N3O5/c1-2-36-29(35)26-24(19-12-6-3-7-13-19)25(28(34)32-21-16-10-5-11-17-21)22(37-27(26)30)18-23(33)31-20-14-8-4-9-15-20/h3-17,24H,2,18,30H2,1H3,(H,31,33)(H,32,34). The lowest BCUT2D eigenvalue weighted by atomic mass is 9.81. The van der Waals surface area contributed by atoms with Gasteiger partial charge in [-0.2, -0.15) is 0 Å². The molecule has 8 heteroatoms. The first-order valence-electron chi connectivity index (χ1n) is 11.8. The van der Waals surface area contributed by atoms with Crippen LogP contribution in [0, 0.1) is 0 Å². The van der Waals surface area contributed by atoms with E-state index in [4.69, 9.17) is 15.2 Å². The van der Waals surface area contributed by atoms with E-state index >= 15 is 0 Å². The Morgan fingerprint density at radius 1 is 0.811 bits per heavy atom. The van der Waals surface area contributed by atoms with E-state index in [1.54, 1.807) is 79.7 Å². The van der Waals surface area contributed by atoms with E-state index in [9.17, 15) is 14.4 Å². The summed E-state index contributed by atoms with van der Waals surface area (Å²) < 4.78 is 11.1. The van der Waals surface area contributed by atoms with Gasteiger partial charge in [0, 0.05) is 11.4 Å². The van der Waals surface area contributed by atoms with E-state index in [0.717, 1.165) is 0 Å². The van der Waals surface area contributed by atoms with E-state index in [0.29, 0.717) is 16.9 Å². The number of para-hydroxylation sites is 2. The lowest BCUT2D eigenvalue weighted by molar-refractivity contribution is -0.139. The predicted molar refractivity (Wildman–Crippen MR) is 140 cm³/mol. The van der Waals surface area contributed by atoms with Crippen molar-refractivity contribution < 1.29 is 23.9 Å². The molecule has 0 bridgehead atoms. The van der Waals surface area contributed by atoms with Gasteiger partial charge in [-0.1, -0.05) is 66.7 Å². The molecule has 0 saturated heterocycles. The van der Waals surface area contributed by atoms with E-state index < -0.39 is 23.7 Å². The minimum atomic E-state index is -0.919. The van der Waals surface area contributed by atoms with Gasteiger partial charge in [0.1, 0.15) is 11.3 Å². The van der Waals surface area contributed by atoms with Gasteiger partial charge in [0.2, 0.25) is 11.8 Å². The third-order valence-electron chi connectivity index (χ3n) is 5.66. The molecule has 1 unspecified atom stereocenters. The SMILES string of the molecule is CCOC(=O)C1=C(N)OC(CC(=O)Nc2ccccc2)=C(C(=O)Nc2ccccc2)C1c1ccccc1. The molecule has 0 spiro atoms. The van der Waals surface area contributed by atoms with Gasteiger partial charge in [0.15, 0.2) is 0 Å². The summed E-state index contributed by atoms with van der Waals surface area (Å²) in [5.74, 6) is -2.74. The number of hydrogen-bond donors (Lipinski definition) is 3. The number of carbonyl (C=O) groups excluding carboxylic acids is 3. The maximum absolute atomic E-state index is 13.7. The predicted octanol–water partition coefficient (Wildman–Crippen LogP) is 4.46. The lowest BCUT2D eigenvalue weighted by Gasteiger charge is -2.30. The van der Waals surface area contributed by atoms with Gasteiger partial charge in [0.05, 0.1) is 24.5 Å². The first kappa shape index (κ1) is 25.2. The number of ether oxygens (including phenoxy) is 2. The number of rotatable bonds is 8. The van der Waals surface area contributed by atoms with Crippen molar-refractivity contribution in [2.24, 2.45) is 5.73 Å². The van der Waals surface area contributed by atoms with E-state index in [2.05, 4.69) is 10.6 Å². The van der Waals surface area contributed by atoms with Gasteiger partial charge in [0.25, 0.3) is 5.91 Å². The maximum atomic E-state index is 13.7. The summed E-state index contributed by atoms with van der Waals surface area (Å²) in [6.07, 6.45) is -0.285. The van der Waals surface area contributed by atoms with Crippen LogP contribution in [0.1, 0.15) is 24.8 Å². The minimum Gasteiger partial charge on any atom is -0.462 e. The van der Waals surface area contributed by atoms with Gasteiger partial charge in [-0.3, -0.25) is 9.59 Å². The monoisotopic (exact) mass is 497 g/mol. The fourth-order valence-corrected chi connectivity index (χ4v) is 4.08. The van der Waals surface area contributed by atoms with Crippen LogP contribution >= 0.6 is 0 Å². The second-order valence-electron chi connectivity index (χ2n) is 8.19. The summed E-state index contributed by atoms with van der Waals surface area (Å²) in [6.45, 7) is 1.78. The van der Waals surface area contributed by atoms with Crippen LogP contribution in [0.4, 0.5) is 11.4 Å². The van der Waals surface area contributed by atoms with Crippen LogP contribution in [0.3, 0.4) is 0 Å². The van der Waals surface area contributed by atoms with Gasteiger partial charge in [-0.25, -0.2) is 4.79 Å². The van der Waals surface area contributed by atoms with Gasteiger partial charge in [-0.15, -0.1) is 0 Å². The molecule has 8 nitrogen and oxygen atoms in total. The van der Waals surface area contributed by atoms with Crippen molar-refractivity contribution in [2.45, 2.75) is 19.3 Å². The minimum absolute atomic E-state index is 0.00141. The first-order valence-corrected chi connectivity index (χ1v) is 11.8. The number of hydrogen-bond acceptors (Lipinski definition) is 6. The summed E-state index contributed by atoms with van der Waals surface area (Å²) in [6, 6.07) is 26.7. The molecule has 1 atom stereocenters. The Morgan fingerprint density at radius 3 is 1.92 bits per heavy atom. The van der Waals surface area contributed by atoms with E-state index in [1.165, 1.54) is 0 Å². The smallest absolute Gasteiger partial charge is 0.340 e. The van der Waals surface area contributed by atoms with Crippen LogP contribution in [0.2, 0.25) is 0 Å². The summed E-state index contributed by atoms with van der Waals surface area (Å²) in [7, 11) is 0. The van der Waals surface area contributed by atoms with Crippen LogP contribution in [0.5, 0.6) is 0 Å². The zero-order valence-electron chi connectivity index (χ0n) is 20.3. The molecule has 3 aromatic rings. The average Bonchev–Trinajstić information content (AvgIpc) is 2.90. The van der Waals surface area contributed by atoms with E-state index in [1.807, 2.05) is 18.2 Å². The Labute approximate surface area is 214 Å². The number of nitrogens with one attached hydrogen (secondary N) is 2. The molecular weight excluding hydrogens is 470 g/mol. The lowest BCUT2D eigenvalue weighted by Crippen LogP contribution is -2.33. The van der Waals surface area contributed by atoms with Crippen LogP contribution in [0.25, 0.3) is 0 Å². The van der Waals surface area contributed by atoms with Crippen molar-refractivity contribution in [3.05, 3.63) is 119 Å². The largest absolute Gasteiger partial charge is 0.462 e. The number of anilines is 2. The number of benzene rings is 3. The Hall–Kier alpha value is -4.85. The molecule has 0 saturated carbocycles.